The number of carbonyl (C=O) groups is 2. The number of quaternary nitrogens is 1. The average molecular weight is 1040 g/mol. The number of allylic oxidation sites excluding steroid dienone is 4. The van der Waals surface area contributed by atoms with Crippen LogP contribution in [0.25, 0.3) is 0 Å². The summed E-state index contributed by atoms with van der Waals surface area (Å²) in [6.07, 6.45) is 65.2. The van der Waals surface area contributed by atoms with Gasteiger partial charge < -0.3 is 27.9 Å². The lowest BCUT2D eigenvalue weighted by atomic mass is 10.0. The minimum Gasteiger partial charge on any atom is -0.756 e. The third-order valence-electron chi connectivity index (χ3n) is 14.0. The van der Waals surface area contributed by atoms with Crippen molar-refractivity contribution in [2.45, 2.75) is 315 Å². The van der Waals surface area contributed by atoms with Gasteiger partial charge in [-0.25, -0.2) is 0 Å². The lowest BCUT2D eigenvalue weighted by molar-refractivity contribution is -0.870. The SMILES string of the molecule is CCCCCCC/C=C\C/C=C\CCCCCCCCCCCCCCCCCCCC(=O)OC(COC(=O)CCCCCCCCCCCCCCCCCCCCC)COP(=O)([O-])OCC[N+](C)(C)C. The van der Waals surface area contributed by atoms with E-state index in [1.54, 1.807) is 0 Å². The molecule has 10 heteroatoms. The third-order valence-corrected chi connectivity index (χ3v) is 14.9. The smallest absolute Gasteiger partial charge is 0.306 e. The zero-order chi connectivity index (χ0) is 52.7. The van der Waals surface area contributed by atoms with Gasteiger partial charge in [0.05, 0.1) is 27.7 Å². The summed E-state index contributed by atoms with van der Waals surface area (Å²) < 4.78 is 34.2. The highest BCUT2D eigenvalue weighted by Crippen LogP contribution is 2.38. The molecule has 0 heterocycles. The van der Waals surface area contributed by atoms with Crippen molar-refractivity contribution in [3.8, 4) is 0 Å². The monoisotopic (exact) mass is 1040 g/mol. The molecule has 2 atom stereocenters. The van der Waals surface area contributed by atoms with Gasteiger partial charge in [-0.2, -0.15) is 0 Å². The Hall–Kier alpha value is -1.51. The summed E-state index contributed by atoms with van der Waals surface area (Å²) in [4.78, 5) is 37.9. The maximum atomic E-state index is 12.8. The van der Waals surface area contributed by atoms with Crippen molar-refractivity contribution in [1.29, 1.82) is 0 Å². The Labute approximate surface area is 447 Å². The molecule has 72 heavy (non-hydrogen) atoms. The normalized spacial score (nSPS) is 13.4. The molecule has 0 saturated heterocycles. The lowest BCUT2D eigenvalue weighted by Crippen LogP contribution is -2.37. The minimum atomic E-state index is -4.63. The van der Waals surface area contributed by atoms with Crippen molar-refractivity contribution >= 4 is 19.8 Å². The van der Waals surface area contributed by atoms with Gasteiger partial charge in [0.2, 0.25) is 0 Å². The molecule has 0 bridgehead atoms. The van der Waals surface area contributed by atoms with Gasteiger partial charge >= 0.3 is 11.9 Å². The van der Waals surface area contributed by atoms with Crippen molar-refractivity contribution in [2.75, 3.05) is 47.5 Å². The number of esters is 2. The molecule has 0 radical (unpaired) electrons. The topological polar surface area (TPSA) is 111 Å². The number of ether oxygens (including phenoxy) is 2. The first kappa shape index (κ1) is 70.5. The summed E-state index contributed by atoms with van der Waals surface area (Å²) >= 11 is 0. The van der Waals surface area contributed by atoms with Gasteiger partial charge in [0.15, 0.2) is 6.10 Å². The van der Waals surface area contributed by atoms with Gasteiger partial charge in [-0.3, -0.25) is 14.2 Å². The number of unbranched alkanes of at least 4 members (excludes halogenated alkanes) is 40. The second kappa shape index (κ2) is 54.3. The number of hydrogen-bond donors (Lipinski definition) is 0. The van der Waals surface area contributed by atoms with Crippen LogP contribution >= 0.6 is 7.82 Å². The molecule has 0 aromatic heterocycles. The number of rotatable bonds is 58. The van der Waals surface area contributed by atoms with Crippen LogP contribution in [0, 0.1) is 0 Å². The fraction of sp³-hybridized carbons (Fsp3) is 0.903. The standard InChI is InChI=1S/C62H120NO8P/c1-6-8-10-12-14-16-18-20-22-24-26-27-28-29-30-31-32-33-34-35-37-39-41-43-45-47-49-51-53-55-62(65)71-60(59-70-72(66,67)69-57-56-63(3,4)5)58-68-61(64)54-52-50-48-46-44-42-40-38-36-25-23-21-19-17-15-13-11-9-7-2/h18,20,24,26,60H,6-17,19,21-23,25,27-59H2,1-5H3/b20-18-,26-24-. The number of carbonyl (C=O) groups excluding carboxylic acids is 2. The maximum Gasteiger partial charge on any atom is 0.306 e. The van der Waals surface area contributed by atoms with Crippen LogP contribution < -0.4 is 4.89 Å². The molecule has 0 amide bonds. The van der Waals surface area contributed by atoms with Gasteiger partial charge in [0.1, 0.15) is 19.8 Å². The molecule has 0 aliphatic carbocycles. The van der Waals surface area contributed by atoms with E-state index in [1.165, 1.54) is 238 Å². The molecule has 0 spiro atoms. The van der Waals surface area contributed by atoms with Crippen LogP contribution in [-0.4, -0.2) is 70.0 Å². The Morgan fingerprint density at radius 1 is 0.431 bits per heavy atom. The molecular formula is C62H120NO8P. The van der Waals surface area contributed by atoms with Gasteiger partial charge in [-0.15, -0.1) is 0 Å². The van der Waals surface area contributed by atoms with Crippen LogP contribution in [0.3, 0.4) is 0 Å². The van der Waals surface area contributed by atoms with Crippen molar-refractivity contribution in [2.24, 2.45) is 0 Å². The summed E-state index contributed by atoms with van der Waals surface area (Å²) in [6.45, 7) is 4.29. The number of hydrogen-bond acceptors (Lipinski definition) is 8. The first-order valence-corrected chi connectivity index (χ1v) is 32.5. The first-order chi connectivity index (χ1) is 35.0. The lowest BCUT2D eigenvalue weighted by Gasteiger charge is -2.28. The Bertz CT molecular complexity index is 1270. The highest BCUT2D eigenvalue weighted by molar-refractivity contribution is 7.45. The van der Waals surface area contributed by atoms with E-state index in [0.29, 0.717) is 17.4 Å². The predicted octanol–water partition coefficient (Wildman–Crippen LogP) is 18.7. The van der Waals surface area contributed by atoms with E-state index >= 15 is 0 Å². The van der Waals surface area contributed by atoms with E-state index in [4.69, 9.17) is 18.5 Å². The van der Waals surface area contributed by atoms with Crippen molar-refractivity contribution in [3.05, 3.63) is 24.3 Å². The Morgan fingerprint density at radius 3 is 1.10 bits per heavy atom. The Morgan fingerprint density at radius 2 is 0.750 bits per heavy atom. The fourth-order valence-electron chi connectivity index (χ4n) is 9.16. The quantitative estimate of drug-likeness (QED) is 0.0195. The number of phosphoric ester groups is 1. The van der Waals surface area contributed by atoms with Crippen LogP contribution in [0.1, 0.15) is 309 Å². The van der Waals surface area contributed by atoms with Crippen molar-refractivity contribution in [1.82, 2.24) is 0 Å². The molecule has 426 valence electrons. The molecule has 0 aromatic carbocycles. The van der Waals surface area contributed by atoms with E-state index in [1.807, 2.05) is 21.1 Å². The average Bonchev–Trinajstić information content (AvgIpc) is 3.34. The molecular weight excluding hydrogens is 918 g/mol. The summed E-state index contributed by atoms with van der Waals surface area (Å²) in [6, 6.07) is 0. The van der Waals surface area contributed by atoms with Crippen molar-refractivity contribution < 1.29 is 42.1 Å². The first-order valence-electron chi connectivity index (χ1n) is 31.0. The molecule has 0 rings (SSSR count). The van der Waals surface area contributed by atoms with Crippen molar-refractivity contribution in [3.63, 3.8) is 0 Å². The Kier molecular flexibility index (Phi) is 53.1. The van der Waals surface area contributed by atoms with E-state index < -0.39 is 26.5 Å². The zero-order valence-corrected chi connectivity index (χ0v) is 49.3. The predicted molar refractivity (Wildman–Crippen MR) is 305 cm³/mol. The summed E-state index contributed by atoms with van der Waals surface area (Å²) in [5.41, 5.74) is 0. The summed E-state index contributed by atoms with van der Waals surface area (Å²) in [7, 11) is 1.18. The van der Waals surface area contributed by atoms with Gasteiger partial charge in [-0.1, -0.05) is 276 Å². The molecule has 0 aromatic rings. The maximum absolute atomic E-state index is 12.8. The number of nitrogens with zero attached hydrogens (tertiary/aromatic N) is 1. The fourth-order valence-corrected chi connectivity index (χ4v) is 9.89. The Balaban J connectivity index is 4.06. The minimum absolute atomic E-state index is 0.0272. The highest BCUT2D eigenvalue weighted by atomic mass is 31.2. The number of phosphoric acid groups is 1. The molecule has 0 saturated carbocycles. The highest BCUT2D eigenvalue weighted by Gasteiger charge is 2.22. The molecule has 0 fully saturated rings. The molecule has 2 unspecified atom stereocenters. The van der Waals surface area contributed by atoms with Gasteiger partial charge in [-0.05, 0) is 44.9 Å². The summed E-state index contributed by atoms with van der Waals surface area (Å²) in [5, 5.41) is 0. The van der Waals surface area contributed by atoms with E-state index in [0.717, 1.165) is 38.5 Å². The van der Waals surface area contributed by atoms with Crippen LogP contribution in [0.2, 0.25) is 0 Å². The second-order valence-corrected chi connectivity index (χ2v) is 23.8. The van der Waals surface area contributed by atoms with E-state index in [9.17, 15) is 19.0 Å². The van der Waals surface area contributed by atoms with Gasteiger partial charge in [0.25, 0.3) is 7.82 Å². The van der Waals surface area contributed by atoms with Crippen LogP contribution in [0.5, 0.6) is 0 Å². The second-order valence-electron chi connectivity index (χ2n) is 22.4. The molecule has 9 nitrogen and oxygen atoms in total. The largest absolute Gasteiger partial charge is 0.756 e. The third kappa shape index (κ3) is 57.8. The van der Waals surface area contributed by atoms with E-state index in [2.05, 4.69) is 38.2 Å². The summed E-state index contributed by atoms with van der Waals surface area (Å²) in [5.74, 6) is -0.813. The molecule has 0 aliphatic heterocycles. The molecule has 0 N–H and O–H groups in total. The van der Waals surface area contributed by atoms with Crippen LogP contribution in [-0.2, 0) is 32.7 Å². The van der Waals surface area contributed by atoms with Crippen LogP contribution in [0.4, 0.5) is 0 Å². The zero-order valence-electron chi connectivity index (χ0n) is 48.4. The van der Waals surface area contributed by atoms with Crippen LogP contribution in [0.15, 0.2) is 24.3 Å². The van der Waals surface area contributed by atoms with Gasteiger partial charge in [0, 0.05) is 12.8 Å². The molecule has 0 aliphatic rings. The number of likely N-dealkylation sites (N-methyl/N-ethyl adjacent to an activating group) is 1. The van der Waals surface area contributed by atoms with E-state index in [-0.39, 0.29) is 32.0 Å².